The molecule has 0 aromatic carbocycles. The van der Waals surface area contributed by atoms with Crippen LogP contribution in [-0.2, 0) is 0 Å². The number of hydrogen-bond acceptors (Lipinski definition) is 0. The van der Waals surface area contributed by atoms with Crippen LogP contribution in [0.4, 0.5) is 0 Å². The Morgan fingerprint density at radius 1 is 0.364 bits per heavy atom. The van der Waals surface area contributed by atoms with Gasteiger partial charge in [-0.25, -0.2) is 0 Å². The van der Waals surface area contributed by atoms with Crippen molar-refractivity contribution in [3.05, 3.63) is 0 Å². The Morgan fingerprint density at radius 2 is 0.758 bits per heavy atom. The van der Waals surface area contributed by atoms with Crippen molar-refractivity contribution in [2.75, 3.05) is 0 Å². The largest absolute Gasteiger partial charge is 0.0654 e. The molecule has 0 spiro atoms. The SMILES string of the molecule is CCCCC1CCCCCCCCCCC(C2CCC(CCC3CCCCC3)CC2)CCC1. The average molecular weight is 459 g/mol. The molecule has 0 amide bonds. The van der Waals surface area contributed by atoms with Crippen molar-refractivity contribution < 1.29 is 0 Å². The van der Waals surface area contributed by atoms with Crippen LogP contribution in [0.5, 0.6) is 0 Å². The molecular weight excluding hydrogens is 396 g/mol. The van der Waals surface area contributed by atoms with Crippen molar-refractivity contribution in [2.24, 2.45) is 29.6 Å². The average Bonchev–Trinajstić information content (AvgIpc) is 2.87. The van der Waals surface area contributed by atoms with E-state index < -0.39 is 0 Å². The van der Waals surface area contributed by atoms with Gasteiger partial charge >= 0.3 is 0 Å². The van der Waals surface area contributed by atoms with Gasteiger partial charge in [-0.05, 0) is 42.4 Å². The van der Waals surface area contributed by atoms with Gasteiger partial charge in [0.15, 0.2) is 0 Å². The molecule has 0 saturated heterocycles. The first-order valence-corrected chi connectivity index (χ1v) is 16.3. The van der Waals surface area contributed by atoms with E-state index in [9.17, 15) is 0 Å². The summed E-state index contributed by atoms with van der Waals surface area (Å²) >= 11 is 0. The lowest BCUT2D eigenvalue weighted by atomic mass is 9.71. The zero-order chi connectivity index (χ0) is 23.0. The Morgan fingerprint density at radius 3 is 1.36 bits per heavy atom. The second-order valence-electron chi connectivity index (χ2n) is 13.0. The van der Waals surface area contributed by atoms with Crippen LogP contribution < -0.4 is 0 Å². The van der Waals surface area contributed by atoms with Crippen LogP contribution in [-0.4, -0.2) is 0 Å². The molecule has 2 unspecified atom stereocenters. The molecule has 0 aromatic rings. The van der Waals surface area contributed by atoms with Gasteiger partial charge in [0.05, 0.1) is 0 Å². The van der Waals surface area contributed by atoms with Crippen molar-refractivity contribution >= 4 is 0 Å². The summed E-state index contributed by atoms with van der Waals surface area (Å²) in [5.74, 6) is 5.39. The summed E-state index contributed by atoms with van der Waals surface area (Å²) in [5, 5.41) is 0. The summed E-state index contributed by atoms with van der Waals surface area (Å²) in [6.45, 7) is 2.38. The molecule has 3 saturated carbocycles. The number of unbranched alkanes of at least 4 members (excludes halogenated alkanes) is 1. The molecule has 2 atom stereocenters. The smallest absolute Gasteiger partial charge is 0.0386 e. The summed E-state index contributed by atoms with van der Waals surface area (Å²) in [6, 6.07) is 0. The van der Waals surface area contributed by atoms with Gasteiger partial charge in [0.2, 0.25) is 0 Å². The maximum Gasteiger partial charge on any atom is -0.0386 e. The first kappa shape index (κ1) is 27.6. The van der Waals surface area contributed by atoms with Gasteiger partial charge in [-0.2, -0.15) is 0 Å². The molecule has 3 rings (SSSR count). The van der Waals surface area contributed by atoms with Crippen LogP contribution in [0.25, 0.3) is 0 Å². The first-order valence-electron chi connectivity index (χ1n) is 16.3. The molecule has 0 heterocycles. The van der Waals surface area contributed by atoms with Gasteiger partial charge in [-0.1, -0.05) is 167 Å². The Kier molecular flexibility index (Phi) is 14.6. The van der Waals surface area contributed by atoms with Gasteiger partial charge in [-0.3, -0.25) is 0 Å². The molecule has 3 aliphatic carbocycles. The van der Waals surface area contributed by atoms with Gasteiger partial charge in [0.1, 0.15) is 0 Å². The van der Waals surface area contributed by atoms with Crippen molar-refractivity contribution in [3.63, 3.8) is 0 Å². The standard InChI is InChI=1S/C33H62/c1-2-3-16-29-17-11-8-6-4-5-7-9-14-21-32(22-15-20-29)33-27-25-31(26-28-33)24-23-30-18-12-10-13-19-30/h29-33H,2-28H2,1H3. The highest BCUT2D eigenvalue weighted by molar-refractivity contribution is 4.80. The predicted octanol–water partition coefficient (Wildman–Crippen LogP) is 11.7. The number of rotatable bonds is 7. The molecule has 3 fully saturated rings. The van der Waals surface area contributed by atoms with Crippen molar-refractivity contribution in [2.45, 2.75) is 180 Å². The summed E-state index contributed by atoms with van der Waals surface area (Å²) in [4.78, 5) is 0. The van der Waals surface area contributed by atoms with E-state index in [0.29, 0.717) is 0 Å². The molecule has 194 valence electrons. The van der Waals surface area contributed by atoms with E-state index in [1.165, 1.54) is 96.3 Å². The third-order valence-corrected chi connectivity index (χ3v) is 10.4. The molecule has 33 heavy (non-hydrogen) atoms. The van der Waals surface area contributed by atoms with Gasteiger partial charge in [0, 0.05) is 0 Å². The Balaban J connectivity index is 1.42. The summed E-state index contributed by atoms with van der Waals surface area (Å²) in [6.07, 6.45) is 41.4. The fourth-order valence-electron chi connectivity index (χ4n) is 8.01. The van der Waals surface area contributed by atoms with Crippen molar-refractivity contribution in [3.8, 4) is 0 Å². The van der Waals surface area contributed by atoms with Crippen molar-refractivity contribution in [1.82, 2.24) is 0 Å². The summed E-state index contributed by atoms with van der Waals surface area (Å²) in [5.41, 5.74) is 0. The lowest BCUT2D eigenvalue weighted by Gasteiger charge is -2.35. The van der Waals surface area contributed by atoms with Gasteiger partial charge in [-0.15, -0.1) is 0 Å². The minimum absolute atomic E-state index is 1.05. The number of hydrogen-bond donors (Lipinski definition) is 0. The normalized spacial score (nSPS) is 32.6. The van der Waals surface area contributed by atoms with Gasteiger partial charge < -0.3 is 0 Å². The van der Waals surface area contributed by atoms with Crippen LogP contribution in [0, 0.1) is 29.6 Å². The highest BCUT2D eigenvalue weighted by Gasteiger charge is 2.28. The minimum atomic E-state index is 1.05. The van der Waals surface area contributed by atoms with E-state index in [2.05, 4.69) is 6.92 Å². The van der Waals surface area contributed by atoms with E-state index in [0.717, 1.165) is 29.6 Å². The van der Waals surface area contributed by atoms with E-state index in [-0.39, 0.29) is 0 Å². The molecule has 0 bridgehead atoms. The molecule has 0 heteroatoms. The third kappa shape index (κ3) is 11.5. The quantitative estimate of drug-likeness (QED) is 0.356. The molecule has 0 N–H and O–H groups in total. The molecular formula is C33H62. The summed E-state index contributed by atoms with van der Waals surface area (Å²) < 4.78 is 0. The van der Waals surface area contributed by atoms with Gasteiger partial charge in [0.25, 0.3) is 0 Å². The van der Waals surface area contributed by atoms with Crippen LogP contribution in [0.3, 0.4) is 0 Å². The monoisotopic (exact) mass is 458 g/mol. The Bertz CT molecular complexity index is 439. The van der Waals surface area contributed by atoms with E-state index >= 15 is 0 Å². The van der Waals surface area contributed by atoms with Crippen LogP contribution in [0.15, 0.2) is 0 Å². The van der Waals surface area contributed by atoms with E-state index in [4.69, 9.17) is 0 Å². The lowest BCUT2D eigenvalue weighted by molar-refractivity contribution is 0.167. The third-order valence-electron chi connectivity index (χ3n) is 10.4. The fourth-order valence-corrected chi connectivity index (χ4v) is 8.01. The van der Waals surface area contributed by atoms with Crippen LogP contribution >= 0.6 is 0 Å². The Hall–Kier alpha value is 0. The molecule has 3 aliphatic rings. The highest BCUT2D eigenvalue weighted by atomic mass is 14.3. The molecule has 0 aromatic heterocycles. The maximum atomic E-state index is 2.38. The second-order valence-corrected chi connectivity index (χ2v) is 13.0. The van der Waals surface area contributed by atoms with Crippen LogP contribution in [0.1, 0.15) is 180 Å². The summed E-state index contributed by atoms with van der Waals surface area (Å²) in [7, 11) is 0. The molecule has 0 aliphatic heterocycles. The predicted molar refractivity (Wildman–Crippen MR) is 148 cm³/mol. The highest BCUT2D eigenvalue weighted by Crippen LogP contribution is 2.41. The zero-order valence-electron chi connectivity index (χ0n) is 23.0. The molecule has 0 nitrogen and oxygen atoms in total. The van der Waals surface area contributed by atoms with Crippen molar-refractivity contribution in [1.29, 1.82) is 0 Å². The Labute approximate surface area is 209 Å². The first-order chi connectivity index (χ1) is 16.3. The van der Waals surface area contributed by atoms with E-state index in [1.54, 1.807) is 77.0 Å². The maximum absolute atomic E-state index is 2.38. The van der Waals surface area contributed by atoms with E-state index in [1.807, 2.05) is 0 Å². The topological polar surface area (TPSA) is 0 Å². The molecule has 0 radical (unpaired) electrons. The lowest BCUT2D eigenvalue weighted by Crippen LogP contribution is -2.23. The zero-order valence-corrected chi connectivity index (χ0v) is 23.0. The minimum Gasteiger partial charge on any atom is -0.0654 e. The fraction of sp³-hybridized carbons (Fsp3) is 1.00. The van der Waals surface area contributed by atoms with Crippen LogP contribution in [0.2, 0.25) is 0 Å². The second kappa shape index (κ2) is 17.4.